The summed E-state index contributed by atoms with van der Waals surface area (Å²) in [6, 6.07) is 6.66. The van der Waals surface area contributed by atoms with Gasteiger partial charge in [-0.25, -0.2) is 8.42 Å². The van der Waals surface area contributed by atoms with Crippen LogP contribution in [0.4, 0.5) is 14.5 Å². The van der Waals surface area contributed by atoms with Gasteiger partial charge in [-0.1, -0.05) is 6.92 Å². The zero-order valence-electron chi connectivity index (χ0n) is 13.5. The number of benzene rings is 1. The fourth-order valence-corrected chi connectivity index (χ4v) is 4.67. The second-order valence-electron chi connectivity index (χ2n) is 6.19. The second kappa shape index (κ2) is 6.84. The number of amides is 1. The number of thiophene rings is 1. The van der Waals surface area contributed by atoms with E-state index in [4.69, 9.17) is 0 Å². The van der Waals surface area contributed by atoms with Crippen molar-refractivity contribution >= 4 is 32.8 Å². The number of carbonyl (C=O) groups is 1. The van der Waals surface area contributed by atoms with Crippen LogP contribution in [-0.4, -0.2) is 20.1 Å². The average Bonchev–Trinajstić information content (AvgIpc) is 2.98. The number of fused-ring (bicyclic) bond motifs is 1. The van der Waals surface area contributed by atoms with E-state index in [2.05, 4.69) is 12.2 Å². The molecule has 1 unspecified atom stereocenters. The molecule has 0 bridgehead atoms. The van der Waals surface area contributed by atoms with Crippen LogP contribution in [0.1, 0.15) is 33.5 Å². The summed E-state index contributed by atoms with van der Waals surface area (Å²) in [5, 5.41) is 2.68. The molecule has 1 aromatic heterocycles. The van der Waals surface area contributed by atoms with Crippen LogP contribution in [0.5, 0.6) is 0 Å². The number of hydrogen-bond donors (Lipinski definition) is 1. The Labute approximate surface area is 148 Å². The Hall–Kier alpha value is -1.80. The lowest BCUT2D eigenvalue weighted by Gasteiger charge is -2.16. The van der Waals surface area contributed by atoms with E-state index in [0.29, 0.717) is 16.5 Å². The van der Waals surface area contributed by atoms with Gasteiger partial charge in [-0.2, -0.15) is 8.78 Å². The lowest BCUT2D eigenvalue weighted by Crippen LogP contribution is -2.12. The molecular formula is C17H17F2NO3S2. The number of aryl methyl sites for hydroxylation is 1. The molecule has 0 spiro atoms. The van der Waals surface area contributed by atoms with Crippen LogP contribution in [0, 0.1) is 5.92 Å². The first-order valence-corrected chi connectivity index (χ1v) is 10.2. The van der Waals surface area contributed by atoms with Gasteiger partial charge >= 0.3 is 5.76 Å². The standard InChI is InChI=1S/C17H17F2NO3S2/c1-10-2-7-14-11(8-10)9-15(24-14)16(21)20-12-3-5-13(6-4-12)25(22,23)17(18)19/h3-6,9-10,17H,2,7-8H2,1H3,(H,20,21). The summed E-state index contributed by atoms with van der Waals surface area (Å²) in [5.41, 5.74) is 1.57. The molecule has 25 heavy (non-hydrogen) atoms. The van der Waals surface area contributed by atoms with Gasteiger partial charge in [0.25, 0.3) is 5.91 Å². The molecule has 0 fully saturated rings. The van der Waals surface area contributed by atoms with Gasteiger partial charge in [0.2, 0.25) is 9.84 Å². The molecule has 1 aromatic carbocycles. The molecule has 4 nitrogen and oxygen atoms in total. The lowest BCUT2D eigenvalue weighted by atomic mass is 9.90. The number of sulfone groups is 1. The molecule has 1 amide bonds. The number of halogens is 2. The third-order valence-electron chi connectivity index (χ3n) is 4.23. The Bertz CT molecular complexity index is 889. The van der Waals surface area contributed by atoms with Gasteiger partial charge in [0.15, 0.2) is 0 Å². The van der Waals surface area contributed by atoms with Crippen molar-refractivity contribution in [2.75, 3.05) is 5.32 Å². The summed E-state index contributed by atoms with van der Waals surface area (Å²) in [5.74, 6) is -3.13. The first-order chi connectivity index (χ1) is 11.8. The number of alkyl halides is 2. The van der Waals surface area contributed by atoms with E-state index >= 15 is 0 Å². The number of hydrogen-bond acceptors (Lipinski definition) is 4. The van der Waals surface area contributed by atoms with Crippen LogP contribution in [0.25, 0.3) is 0 Å². The molecule has 134 valence electrons. The normalized spacial score (nSPS) is 17.4. The largest absolute Gasteiger partial charge is 0.341 e. The molecule has 0 saturated carbocycles. The zero-order valence-corrected chi connectivity index (χ0v) is 15.1. The number of nitrogens with one attached hydrogen (secondary N) is 1. The summed E-state index contributed by atoms with van der Waals surface area (Å²) >= 11 is 1.47. The van der Waals surface area contributed by atoms with Crippen LogP contribution >= 0.6 is 11.3 Å². The summed E-state index contributed by atoms with van der Waals surface area (Å²) in [4.78, 5) is 13.7. The van der Waals surface area contributed by atoms with Gasteiger partial charge in [-0.05, 0) is 61.1 Å². The van der Waals surface area contributed by atoms with Crippen LogP contribution in [0.3, 0.4) is 0 Å². The molecule has 1 heterocycles. The topological polar surface area (TPSA) is 63.2 Å². The zero-order chi connectivity index (χ0) is 18.2. The van der Waals surface area contributed by atoms with E-state index in [1.807, 2.05) is 6.07 Å². The maximum atomic E-state index is 12.5. The predicted octanol–water partition coefficient (Wildman–Crippen LogP) is 4.12. The highest BCUT2D eigenvalue weighted by molar-refractivity contribution is 7.91. The molecule has 8 heteroatoms. The molecule has 1 N–H and O–H groups in total. The number of anilines is 1. The second-order valence-corrected chi connectivity index (χ2v) is 9.25. The fourth-order valence-electron chi connectivity index (χ4n) is 2.84. The Balaban J connectivity index is 1.74. The third kappa shape index (κ3) is 3.74. The first-order valence-electron chi connectivity index (χ1n) is 7.82. The average molecular weight is 385 g/mol. The van der Waals surface area contributed by atoms with E-state index in [0.717, 1.165) is 31.4 Å². The summed E-state index contributed by atoms with van der Waals surface area (Å²) in [7, 11) is -4.63. The fraction of sp³-hybridized carbons (Fsp3) is 0.353. The van der Waals surface area contributed by atoms with Crippen molar-refractivity contribution in [2.45, 2.75) is 36.8 Å². The van der Waals surface area contributed by atoms with Crippen molar-refractivity contribution in [1.29, 1.82) is 0 Å². The highest BCUT2D eigenvalue weighted by Crippen LogP contribution is 2.32. The molecule has 1 aliphatic rings. The number of rotatable bonds is 4. The molecule has 2 aromatic rings. The molecular weight excluding hydrogens is 368 g/mol. The summed E-state index contributed by atoms with van der Waals surface area (Å²) in [6.45, 7) is 2.19. The predicted molar refractivity (Wildman–Crippen MR) is 93.1 cm³/mol. The molecule has 3 rings (SSSR count). The molecule has 1 atom stereocenters. The Morgan fingerprint density at radius 2 is 1.96 bits per heavy atom. The quantitative estimate of drug-likeness (QED) is 0.861. The van der Waals surface area contributed by atoms with Gasteiger partial charge in [0.1, 0.15) is 0 Å². The minimum absolute atomic E-state index is 0.281. The summed E-state index contributed by atoms with van der Waals surface area (Å²) in [6.07, 6.45) is 3.07. The van der Waals surface area contributed by atoms with Gasteiger partial charge in [0.05, 0.1) is 9.77 Å². The summed E-state index contributed by atoms with van der Waals surface area (Å²) < 4.78 is 47.8. The minimum atomic E-state index is -4.63. The molecule has 0 radical (unpaired) electrons. The third-order valence-corrected chi connectivity index (χ3v) is 6.86. The van der Waals surface area contributed by atoms with Gasteiger partial charge < -0.3 is 5.32 Å². The van der Waals surface area contributed by atoms with Crippen LogP contribution in [0.15, 0.2) is 35.2 Å². The smallest absolute Gasteiger partial charge is 0.321 e. The van der Waals surface area contributed by atoms with Crippen molar-refractivity contribution in [2.24, 2.45) is 5.92 Å². The molecule has 0 aliphatic heterocycles. The van der Waals surface area contributed by atoms with E-state index < -0.39 is 20.5 Å². The van der Waals surface area contributed by atoms with Crippen molar-refractivity contribution in [3.63, 3.8) is 0 Å². The SMILES string of the molecule is CC1CCc2sc(C(=O)Nc3ccc(S(=O)(=O)C(F)F)cc3)cc2C1. The van der Waals surface area contributed by atoms with Crippen molar-refractivity contribution in [3.05, 3.63) is 45.6 Å². The number of carbonyl (C=O) groups excluding carboxylic acids is 1. The highest BCUT2D eigenvalue weighted by atomic mass is 32.2. The van der Waals surface area contributed by atoms with Crippen molar-refractivity contribution < 1.29 is 22.0 Å². The van der Waals surface area contributed by atoms with Gasteiger partial charge in [0, 0.05) is 10.6 Å². The Kier molecular flexibility index (Phi) is 4.92. The van der Waals surface area contributed by atoms with E-state index in [1.165, 1.54) is 33.9 Å². The first kappa shape index (κ1) is 18.0. The van der Waals surface area contributed by atoms with Crippen LogP contribution < -0.4 is 5.32 Å². The van der Waals surface area contributed by atoms with Gasteiger partial charge in [-0.3, -0.25) is 4.79 Å². The van der Waals surface area contributed by atoms with Crippen LogP contribution in [-0.2, 0) is 22.7 Å². The molecule has 1 aliphatic carbocycles. The van der Waals surface area contributed by atoms with E-state index in [9.17, 15) is 22.0 Å². The monoisotopic (exact) mass is 385 g/mol. The maximum Gasteiger partial charge on any atom is 0.341 e. The van der Waals surface area contributed by atoms with Crippen molar-refractivity contribution in [1.82, 2.24) is 0 Å². The van der Waals surface area contributed by atoms with Crippen molar-refractivity contribution in [3.8, 4) is 0 Å². The highest BCUT2D eigenvalue weighted by Gasteiger charge is 2.26. The van der Waals surface area contributed by atoms with E-state index in [1.54, 1.807) is 0 Å². The minimum Gasteiger partial charge on any atom is -0.321 e. The lowest BCUT2D eigenvalue weighted by molar-refractivity contribution is 0.103. The Morgan fingerprint density at radius 1 is 1.28 bits per heavy atom. The van der Waals surface area contributed by atoms with E-state index in [-0.39, 0.29) is 5.91 Å². The maximum absolute atomic E-state index is 12.5. The molecule has 0 saturated heterocycles. The van der Waals surface area contributed by atoms with Crippen LogP contribution in [0.2, 0.25) is 0 Å². The Morgan fingerprint density at radius 3 is 2.60 bits per heavy atom. The van der Waals surface area contributed by atoms with Gasteiger partial charge in [-0.15, -0.1) is 11.3 Å².